The molecule has 1 aliphatic rings. The van der Waals surface area contributed by atoms with Crippen molar-refractivity contribution in [2.45, 2.75) is 25.5 Å². The lowest BCUT2D eigenvalue weighted by Gasteiger charge is -2.12. The number of nitrogens with zero attached hydrogens (tertiary/aromatic N) is 1. The van der Waals surface area contributed by atoms with Gasteiger partial charge in [0.2, 0.25) is 0 Å². The largest absolute Gasteiger partial charge is 0.489 e. The first-order valence-electron chi connectivity index (χ1n) is 7.22. The summed E-state index contributed by atoms with van der Waals surface area (Å²) in [6.07, 6.45) is 2.24. The van der Waals surface area contributed by atoms with Gasteiger partial charge in [-0.2, -0.15) is 5.26 Å². The predicted molar refractivity (Wildman–Crippen MR) is 82.1 cm³/mol. The van der Waals surface area contributed by atoms with Crippen molar-refractivity contribution < 1.29 is 4.74 Å². The number of aryl methyl sites for hydroxylation is 1. The van der Waals surface area contributed by atoms with Crippen molar-refractivity contribution in [3.63, 3.8) is 0 Å². The summed E-state index contributed by atoms with van der Waals surface area (Å²) in [6, 6.07) is 16.5. The number of ether oxygens (including phenoxy) is 1. The molecule has 2 aromatic carbocycles. The van der Waals surface area contributed by atoms with Crippen molar-refractivity contribution in [3.8, 4) is 11.8 Å². The quantitative estimate of drug-likeness (QED) is 0.933. The summed E-state index contributed by atoms with van der Waals surface area (Å²) < 4.78 is 5.86. The van der Waals surface area contributed by atoms with Crippen LogP contribution in [0.15, 0.2) is 42.5 Å². The molecule has 0 saturated carbocycles. The van der Waals surface area contributed by atoms with Crippen molar-refractivity contribution in [3.05, 3.63) is 64.7 Å². The van der Waals surface area contributed by atoms with E-state index in [1.807, 2.05) is 37.4 Å². The minimum atomic E-state index is 0.429. The van der Waals surface area contributed by atoms with Crippen molar-refractivity contribution in [2.24, 2.45) is 0 Å². The zero-order valence-corrected chi connectivity index (χ0v) is 12.1. The van der Waals surface area contributed by atoms with Gasteiger partial charge in [-0.3, -0.25) is 0 Å². The minimum absolute atomic E-state index is 0.429. The molecular formula is C18H18N2O. The van der Waals surface area contributed by atoms with Crippen LogP contribution in [0.5, 0.6) is 5.75 Å². The summed E-state index contributed by atoms with van der Waals surface area (Å²) in [7, 11) is 2.00. The van der Waals surface area contributed by atoms with E-state index < -0.39 is 0 Å². The molecule has 106 valence electrons. The number of hydrogen-bond acceptors (Lipinski definition) is 3. The Morgan fingerprint density at radius 3 is 2.95 bits per heavy atom. The third kappa shape index (κ3) is 2.76. The van der Waals surface area contributed by atoms with E-state index in [1.54, 1.807) is 0 Å². The number of nitrogens with one attached hydrogen (secondary N) is 1. The Morgan fingerprint density at radius 2 is 2.14 bits per heavy atom. The van der Waals surface area contributed by atoms with E-state index in [4.69, 9.17) is 10.00 Å². The van der Waals surface area contributed by atoms with Crippen LogP contribution in [0, 0.1) is 11.3 Å². The molecule has 1 N–H and O–H groups in total. The highest BCUT2D eigenvalue weighted by Gasteiger charge is 2.21. The first-order chi connectivity index (χ1) is 10.3. The molecule has 0 bridgehead atoms. The Hall–Kier alpha value is -2.31. The molecule has 2 aromatic rings. The molecule has 1 aliphatic carbocycles. The predicted octanol–water partition coefficient (Wildman–Crippen LogP) is 3.34. The molecule has 0 saturated heterocycles. The van der Waals surface area contributed by atoms with Crippen LogP contribution in [0.1, 0.15) is 34.7 Å². The standard InChI is InChI=1S/C18H18N2O/c1-20-18-9-6-13-10-16(7-8-17(13)18)21-12-15-5-3-2-4-14(15)11-19/h2-5,7-8,10,18,20H,6,9,12H2,1H3. The molecule has 1 unspecified atom stereocenters. The molecular weight excluding hydrogens is 260 g/mol. The van der Waals surface area contributed by atoms with Gasteiger partial charge in [0.05, 0.1) is 11.6 Å². The molecule has 3 rings (SSSR count). The van der Waals surface area contributed by atoms with Gasteiger partial charge in [0, 0.05) is 11.6 Å². The number of nitriles is 1. The van der Waals surface area contributed by atoms with Gasteiger partial charge in [-0.15, -0.1) is 0 Å². The summed E-state index contributed by atoms with van der Waals surface area (Å²) in [5.41, 5.74) is 4.34. The average molecular weight is 278 g/mol. The van der Waals surface area contributed by atoms with E-state index >= 15 is 0 Å². The molecule has 1 atom stereocenters. The lowest BCUT2D eigenvalue weighted by atomic mass is 10.1. The first-order valence-corrected chi connectivity index (χ1v) is 7.22. The molecule has 0 amide bonds. The van der Waals surface area contributed by atoms with Crippen LogP contribution in [0.3, 0.4) is 0 Å². The Kier molecular flexibility index (Phi) is 3.89. The SMILES string of the molecule is CNC1CCc2cc(OCc3ccccc3C#N)ccc21. The normalized spacial score (nSPS) is 16.3. The zero-order chi connectivity index (χ0) is 14.7. The van der Waals surface area contributed by atoms with Crippen LogP contribution in [-0.4, -0.2) is 7.05 Å². The number of hydrogen-bond donors (Lipinski definition) is 1. The van der Waals surface area contributed by atoms with E-state index in [0.29, 0.717) is 18.2 Å². The molecule has 3 nitrogen and oxygen atoms in total. The second kappa shape index (κ2) is 5.99. The topological polar surface area (TPSA) is 45.0 Å². The summed E-state index contributed by atoms with van der Waals surface area (Å²) >= 11 is 0. The maximum atomic E-state index is 9.09. The van der Waals surface area contributed by atoms with E-state index in [0.717, 1.165) is 24.2 Å². The highest BCUT2D eigenvalue weighted by atomic mass is 16.5. The van der Waals surface area contributed by atoms with E-state index in [9.17, 15) is 0 Å². The van der Waals surface area contributed by atoms with Gasteiger partial charge in [0.1, 0.15) is 12.4 Å². The van der Waals surface area contributed by atoms with Crippen LogP contribution in [0.4, 0.5) is 0 Å². The van der Waals surface area contributed by atoms with E-state index in [-0.39, 0.29) is 0 Å². The van der Waals surface area contributed by atoms with Crippen molar-refractivity contribution in [1.82, 2.24) is 5.32 Å². The van der Waals surface area contributed by atoms with Crippen LogP contribution in [0.25, 0.3) is 0 Å². The second-order valence-corrected chi connectivity index (χ2v) is 5.30. The highest BCUT2D eigenvalue weighted by Crippen LogP contribution is 2.33. The molecule has 0 aliphatic heterocycles. The van der Waals surface area contributed by atoms with Gasteiger partial charge in [0.25, 0.3) is 0 Å². The maximum Gasteiger partial charge on any atom is 0.120 e. The van der Waals surface area contributed by atoms with E-state index in [2.05, 4.69) is 23.5 Å². The van der Waals surface area contributed by atoms with Crippen molar-refractivity contribution in [1.29, 1.82) is 5.26 Å². The van der Waals surface area contributed by atoms with Crippen LogP contribution in [0.2, 0.25) is 0 Å². The molecule has 0 heterocycles. The van der Waals surface area contributed by atoms with Crippen LogP contribution in [-0.2, 0) is 13.0 Å². The molecule has 0 spiro atoms. The van der Waals surface area contributed by atoms with Gasteiger partial charge in [-0.05, 0) is 49.2 Å². The molecule has 0 radical (unpaired) electrons. The Morgan fingerprint density at radius 1 is 1.29 bits per heavy atom. The average Bonchev–Trinajstić information content (AvgIpc) is 2.95. The minimum Gasteiger partial charge on any atom is -0.489 e. The Labute approximate surface area is 125 Å². The van der Waals surface area contributed by atoms with Gasteiger partial charge >= 0.3 is 0 Å². The summed E-state index contributed by atoms with van der Waals surface area (Å²) in [4.78, 5) is 0. The summed E-state index contributed by atoms with van der Waals surface area (Å²) in [6.45, 7) is 0.429. The first kappa shape index (κ1) is 13.7. The smallest absolute Gasteiger partial charge is 0.120 e. The van der Waals surface area contributed by atoms with Crippen LogP contribution < -0.4 is 10.1 Å². The van der Waals surface area contributed by atoms with Crippen LogP contribution >= 0.6 is 0 Å². The molecule has 3 heteroatoms. The lowest BCUT2D eigenvalue weighted by molar-refractivity contribution is 0.305. The van der Waals surface area contributed by atoms with Gasteiger partial charge < -0.3 is 10.1 Å². The van der Waals surface area contributed by atoms with Crippen molar-refractivity contribution in [2.75, 3.05) is 7.05 Å². The fourth-order valence-corrected chi connectivity index (χ4v) is 2.90. The number of rotatable bonds is 4. The zero-order valence-electron chi connectivity index (χ0n) is 12.1. The Bertz CT molecular complexity index is 688. The maximum absolute atomic E-state index is 9.09. The third-order valence-corrected chi connectivity index (χ3v) is 4.07. The lowest BCUT2D eigenvalue weighted by Crippen LogP contribution is -2.12. The summed E-state index contributed by atoms with van der Waals surface area (Å²) in [5.74, 6) is 0.873. The van der Waals surface area contributed by atoms with E-state index in [1.165, 1.54) is 11.1 Å². The summed E-state index contributed by atoms with van der Waals surface area (Å²) in [5, 5.41) is 12.4. The molecule has 21 heavy (non-hydrogen) atoms. The second-order valence-electron chi connectivity index (χ2n) is 5.30. The molecule has 0 aromatic heterocycles. The number of benzene rings is 2. The van der Waals surface area contributed by atoms with Crippen molar-refractivity contribution >= 4 is 0 Å². The third-order valence-electron chi connectivity index (χ3n) is 4.07. The van der Waals surface area contributed by atoms with Gasteiger partial charge in [-0.25, -0.2) is 0 Å². The fourth-order valence-electron chi connectivity index (χ4n) is 2.90. The Balaban J connectivity index is 1.74. The highest BCUT2D eigenvalue weighted by molar-refractivity contribution is 5.41. The van der Waals surface area contributed by atoms with Gasteiger partial charge in [-0.1, -0.05) is 24.3 Å². The fraction of sp³-hybridized carbons (Fsp3) is 0.278. The van der Waals surface area contributed by atoms with Gasteiger partial charge in [0.15, 0.2) is 0 Å². The monoisotopic (exact) mass is 278 g/mol. The number of fused-ring (bicyclic) bond motifs is 1. The molecule has 0 fully saturated rings.